The molecule has 0 aromatic heterocycles. The molecule has 0 bridgehead atoms. The maximum absolute atomic E-state index is 12.1. The molecule has 82 valence electrons. The molecule has 1 aliphatic heterocycles. The molecule has 2 aromatic carbocycles. The molecule has 0 unspecified atom stereocenters. The lowest BCUT2D eigenvalue weighted by Crippen LogP contribution is -2.24. The van der Waals surface area contributed by atoms with E-state index in [0.717, 1.165) is 11.4 Å². The Labute approximate surface area is 98.8 Å². The number of rotatable bonds is 1. The zero-order chi connectivity index (χ0) is 11.8. The minimum absolute atomic E-state index is 0.0597. The van der Waals surface area contributed by atoms with Crippen molar-refractivity contribution in [2.75, 3.05) is 4.90 Å². The van der Waals surface area contributed by atoms with Gasteiger partial charge in [-0.2, -0.15) is 0 Å². The molecule has 2 aromatic rings. The standard InChI is InChI=1S/C14H10N2O/c15-13-11-8-4-5-9-12(11)16(14(13)17)10-6-2-1-3-7-10/h1-9,15H. The molecule has 1 amide bonds. The second-order valence-corrected chi connectivity index (χ2v) is 3.87. The number of para-hydroxylation sites is 2. The number of nitrogens with zero attached hydrogens (tertiary/aromatic N) is 1. The summed E-state index contributed by atoms with van der Waals surface area (Å²) in [4.78, 5) is 13.6. The average Bonchev–Trinajstić information content (AvgIpc) is 2.64. The number of amides is 1. The summed E-state index contributed by atoms with van der Waals surface area (Å²) in [5.74, 6) is -0.266. The Morgan fingerprint density at radius 3 is 2.29 bits per heavy atom. The Balaban J connectivity index is 2.20. The van der Waals surface area contributed by atoms with Gasteiger partial charge >= 0.3 is 0 Å². The minimum atomic E-state index is -0.266. The summed E-state index contributed by atoms with van der Waals surface area (Å²) in [6, 6.07) is 16.8. The van der Waals surface area contributed by atoms with Crippen molar-refractivity contribution < 1.29 is 4.79 Å². The summed E-state index contributed by atoms with van der Waals surface area (Å²) in [7, 11) is 0. The highest BCUT2D eigenvalue weighted by molar-refractivity contribution is 6.54. The van der Waals surface area contributed by atoms with Crippen LogP contribution in [-0.2, 0) is 4.79 Å². The Bertz CT molecular complexity index is 605. The van der Waals surface area contributed by atoms with Gasteiger partial charge in [0.15, 0.2) is 0 Å². The maximum Gasteiger partial charge on any atom is 0.281 e. The van der Waals surface area contributed by atoms with Gasteiger partial charge in [0.1, 0.15) is 5.71 Å². The summed E-state index contributed by atoms with van der Waals surface area (Å²) in [6.07, 6.45) is 0. The largest absolute Gasteiger partial charge is 0.295 e. The van der Waals surface area contributed by atoms with E-state index in [9.17, 15) is 4.79 Å². The van der Waals surface area contributed by atoms with Crippen molar-refractivity contribution in [1.82, 2.24) is 0 Å². The van der Waals surface area contributed by atoms with Crippen LogP contribution in [0.15, 0.2) is 54.6 Å². The first kappa shape index (κ1) is 9.78. The zero-order valence-corrected chi connectivity index (χ0v) is 9.05. The molecule has 3 rings (SSSR count). The van der Waals surface area contributed by atoms with Crippen LogP contribution >= 0.6 is 0 Å². The van der Waals surface area contributed by atoms with Gasteiger partial charge in [0, 0.05) is 11.3 Å². The summed E-state index contributed by atoms with van der Waals surface area (Å²) in [6.45, 7) is 0. The van der Waals surface area contributed by atoms with Crippen molar-refractivity contribution >= 4 is 23.0 Å². The molecule has 1 N–H and O–H groups in total. The third-order valence-corrected chi connectivity index (χ3v) is 2.85. The smallest absolute Gasteiger partial charge is 0.281 e. The Hall–Kier alpha value is -2.42. The van der Waals surface area contributed by atoms with E-state index in [-0.39, 0.29) is 11.6 Å². The van der Waals surface area contributed by atoms with E-state index >= 15 is 0 Å². The molecule has 0 saturated carbocycles. The van der Waals surface area contributed by atoms with Crippen molar-refractivity contribution in [3.05, 3.63) is 60.2 Å². The lowest BCUT2D eigenvalue weighted by atomic mass is 10.1. The van der Waals surface area contributed by atoms with Gasteiger partial charge in [0.2, 0.25) is 0 Å². The fourth-order valence-electron chi connectivity index (χ4n) is 2.05. The second-order valence-electron chi connectivity index (χ2n) is 3.87. The molecule has 0 saturated heterocycles. The van der Waals surface area contributed by atoms with E-state index in [4.69, 9.17) is 5.41 Å². The quantitative estimate of drug-likeness (QED) is 0.792. The normalized spacial score (nSPS) is 14.0. The first-order chi connectivity index (χ1) is 8.29. The molecule has 0 atom stereocenters. The lowest BCUT2D eigenvalue weighted by Gasteiger charge is -2.16. The second kappa shape index (κ2) is 3.56. The minimum Gasteiger partial charge on any atom is -0.295 e. The summed E-state index contributed by atoms with van der Waals surface area (Å²) >= 11 is 0. The fraction of sp³-hybridized carbons (Fsp3) is 0. The first-order valence-corrected chi connectivity index (χ1v) is 5.36. The Kier molecular flexibility index (Phi) is 2.05. The predicted octanol–water partition coefficient (Wildman–Crippen LogP) is 2.73. The van der Waals surface area contributed by atoms with Crippen LogP contribution in [0.25, 0.3) is 0 Å². The number of carbonyl (C=O) groups excluding carboxylic acids is 1. The van der Waals surface area contributed by atoms with Crippen molar-refractivity contribution in [3.8, 4) is 0 Å². The summed E-state index contributed by atoms with van der Waals surface area (Å²) in [5.41, 5.74) is 2.34. The lowest BCUT2D eigenvalue weighted by molar-refractivity contribution is -0.111. The predicted molar refractivity (Wildman–Crippen MR) is 66.9 cm³/mol. The fourth-order valence-corrected chi connectivity index (χ4v) is 2.05. The number of nitrogens with one attached hydrogen (secondary N) is 1. The van der Waals surface area contributed by atoms with E-state index < -0.39 is 0 Å². The summed E-state index contributed by atoms with van der Waals surface area (Å²) < 4.78 is 0. The van der Waals surface area contributed by atoms with E-state index in [0.29, 0.717) is 5.56 Å². The third-order valence-electron chi connectivity index (χ3n) is 2.85. The molecule has 1 aliphatic rings. The molecule has 1 heterocycles. The van der Waals surface area contributed by atoms with Gasteiger partial charge in [-0.05, 0) is 18.2 Å². The maximum atomic E-state index is 12.1. The van der Waals surface area contributed by atoms with Crippen molar-refractivity contribution in [3.63, 3.8) is 0 Å². The van der Waals surface area contributed by atoms with Crippen LogP contribution in [0.5, 0.6) is 0 Å². The van der Waals surface area contributed by atoms with E-state index in [1.54, 1.807) is 11.0 Å². The highest BCUT2D eigenvalue weighted by Crippen LogP contribution is 2.34. The number of hydrogen-bond donors (Lipinski definition) is 1. The van der Waals surface area contributed by atoms with Crippen molar-refractivity contribution in [1.29, 1.82) is 5.41 Å². The van der Waals surface area contributed by atoms with Gasteiger partial charge in [-0.3, -0.25) is 15.1 Å². The van der Waals surface area contributed by atoms with Crippen LogP contribution in [0.1, 0.15) is 5.56 Å². The van der Waals surface area contributed by atoms with Gasteiger partial charge in [0.05, 0.1) is 5.69 Å². The van der Waals surface area contributed by atoms with E-state index in [1.165, 1.54) is 0 Å². The Morgan fingerprint density at radius 1 is 0.882 bits per heavy atom. The number of benzene rings is 2. The molecule has 0 spiro atoms. The van der Waals surface area contributed by atoms with Gasteiger partial charge in [-0.15, -0.1) is 0 Å². The molecule has 0 aliphatic carbocycles. The highest BCUT2D eigenvalue weighted by atomic mass is 16.2. The molecule has 0 radical (unpaired) electrons. The Morgan fingerprint density at radius 2 is 1.53 bits per heavy atom. The average molecular weight is 222 g/mol. The highest BCUT2D eigenvalue weighted by Gasteiger charge is 2.33. The number of anilines is 2. The summed E-state index contributed by atoms with van der Waals surface area (Å²) in [5, 5.41) is 7.83. The first-order valence-electron chi connectivity index (χ1n) is 5.36. The SMILES string of the molecule is N=C1C(=O)N(c2ccccc2)c2ccccc21. The van der Waals surface area contributed by atoms with Crippen LogP contribution in [0, 0.1) is 5.41 Å². The number of fused-ring (bicyclic) bond motifs is 1. The molecule has 3 heteroatoms. The third kappa shape index (κ3) is 1.36. The van der Waals surface area contributed by atoms with Crippen LogP contribution in [-0.4, -0.2) is 11.6 Å². The topological polar surface area (TPSA) is 44.2 Å². The van der Waals surface area contributed by atoms with Gasteiger partial charge in [0.25, 0.3) is 5.91 Å². The molecular weight excluding hydrogens is 212 g/mol. The molecule has 3 nitrogen and oxygen atoms in total. The van der Waals surface area contributed by atoms with Gasteiger partial charge in [-0.25, -0.2) is 0 Å². The van der Waals surface area contributed by atoms with Gasteiger partial charge in [-0.1, -0.05) is 36.4 Å². The monoisotopic (exact) mass is 222 g/mol. The van der Waals surface area contributed by atoms with Crippen LogP contribution < -0.4 is 4.90 Å². The van der Waals surface area contributed by atoms with Crippen molar-refractivity contribution in [2.45, 2.75) is 0 Å². The van der Waals surface area contributed by atoms with E-state index in [2.05, 4.69) is 0 Å². The molecule has 17 heavy (non-hydrogen) atoms. The van der Waals surface area contributed by atoms with Crippen molar-refractivity contribution in [2.24, 2.45) is 0 Å². The molecule has 0 fully saturated rings. The molecular formula is C14H10N2O. The number of hydrogen-bond acceptors (Lipinski definition) is 2. The van der Waals surface area contributed by atoms with Crippen LogP contribution in [0.2, 0.25) is 0 Å². The van der Waals surface area contributed by atoms with E-state index in [1.807, 2.05) is 48.5 Å². The number of carbonyl (C=O) groups is 1. The van der Waals surface area contributed by atoms with Crippen LogP contribution in [0.3, 0.4) is 0 Å². The zero-order valence-electron chi connectivity index (χ0n) is 9.05. The van der Waals surface area contributed by atoms with Gasteiger partial charge < -0.3 is 0 Å². The van der Waals surface area contributed by atoms with Crippen LogP contribution in [0.4, 0.5) is 11.4 Å².